The zero-order valence-electron chi connectivity index (χ0n) is 11.7. The highest BCUT2D eigenvalue weighted by Crippen LogP contribution is 2.32. The fraction of sp³-hybridized carbons (Fsp3) is 0.467. The second-order valence-corrected chi connectivity index (χ2v) is 5.53. The lowest BCUT2D eigenvalue weighted by molar-refractivity contribution is -0.124. The number of halogens is 1. The molecule has 4 nitrogen and oxygen atoms in total. The summed E-state index contributed by atoms with van der Waals surface area (Å²) >= 11 is 6.10. The largest absolute Gasteiger partial charge is 0.381 e. The molecule has 2 N–H and O–H groups in total. The maximum atomic E-state index is 11.9. The van der Waals surface area contributed by atoms with Crippen LogP contribution in [0.1, 0.15) is 36.5 Å². The summed E-state index contributed by atoms with van der Waals surface area (Å²) in [5.74, 6) is -0.0854. The summed E-state index contributed by atoms with van der Waals surface area (Å²) in [5, 5.41) is 6.47. The van der Waals surface area contributed by atoms with Crippen LogP contribution in [0, 0.1) is 5.92 Å². The summed E-state index contributed by atoms with van der Waals surface area (Å²) in [4.78, 5) is 23.6. The lowest BCUT2D eigenvalue weighted by atomic mass is 10.0. The number of benzene rings is 1. The van der Waals surface area contributed by atoms with Gasteiger partial charge in [-0.15, -0.1) is 0 Å². The third kappa shape index (κ3) is 2.96. The van der Waals surface area contributed by atoms with Crippen LogP contribution in [-0.4, -0.2) is 24.8 Å². The first kappa shape index (κ1) is 14.9. The number of amides is 1. The Morgan fingerprint density at radius 3 is 2.70 bits per heavy atom. The maximum Gasteiger partial charge on any atom is 0.224 e. The van der Waals surface area contributed by atoms with E-state index in [9.17, 15) is 9.59 Å². The number of rotatable bonds is 4. The molecule has 1 aromatic carbocycles. The SMILES string of the molecule is CNC(=O)[C@@H]1CCC[C@H]1Nc1cccc(Cl)c1C(C)=O. The predicted molar refractivity (Wildman–Crippen MR) is 80.3 cm³/mol. The quantitative estimate of drug-likeness (QED) is 0.840. The van der Waals surface area contributed by atoms with Crippen LogP contribution in [0.15, 0.2) is 18.2 Å². The lowest BCUT2D eigenvalue weighted by Gasteiger charge is -2.22. The van der Waals surface area contributed by atoms with Crippen LogP contribution in [-0.2, 0) is 4.79 Å². The molecule has 1 aliphatic rings. The van der Waals surface area contributed by atoms with Crippen LogP contribution >= 0.6 is 11.6 Å². The summed E-state index contributed by atoms with van der Waals surface area (Å²) in [6.45, 7) is 1.50. The lowest BCUT2D eigenvalue weighted by Crippen LogP contribution is -2.36. The van der Waals surface area contributed by atoms with Gasteiger partial charge in [-0.25, -0.2) is 0 Å². The summed E-state index contributed by atoms with van der Waals surface area (Å²) in [6, 6.07) is 5.39. The van der Waals surface area contributed by atoms with Crippen molar-refractivity contribution >= 4 is 29.0 Å². The number of ketones is 1. The molecule has 0 bridgehead atoms. The van der Waals surface area contributed by atoms with Crippen molar-refractivity contribution in [2.45, 2.75) is 32.2 Å². The number of hydrogen-bond donors (Lipinski definition) is 2. The van der Waals surface area contributed by atoms with Crippen molar-refractivity contribution in [3.63, 3.8) is 0 Å². The second-order valence-electron chi connectivity index (χ2n) is 5.12. The zero-order chi connectivity index (χ0) is 14.7. The molecule has 0 aliphatic heterocycles. The van der Waals surface area contributed by atoms with Gasteiger partial charge in [0.25, 0.3) is 0 Å². The molecule has 1 fully saturated rings. The van der Waals surface area contributed by atoms with Gasteiger partial charge in [0.15, 0.2) is 5.78 Å². The molecule has 1 aliphatic carbocycles. The molecular formula is C15H19ClN2O2. The van der Waals surface area contributed by atoms with Crippen molar-refractivity contribution in [2.75, 3.05) is 12.4 Å². The molecule has 1 aromatic rings. The molecule has 0 heterocycles. The van der Waals surface area contributed by atoms with Crippen LogP contribution in [0.25, 0.3) is 0 Å². The average Bonchev–Trinajstić information content (AvgIpc) is 2.85. The Kier molecular flexibility index (Phi) is 4.65. The van der Waals surface area contributed by atoms with E-state index < -0.39 is 0 Å². The van der Waals surface area contributed by atoms with Gasteiger partial charge >= 0.3 is 0 Å². The van der Waals surface area contributed by atoms with Crippen molar-refractivity contribution in [3.8, 4) is 0 Å². The van der Waals surface area contributed by atoms with Gasteiger partial charge in [-0.2, -0.15) is 0 Å². The van der Waals surface area contributed by atoms with Crippen LogP contribution in [0.2, 0.25) is 5.02 Å². The van der Waals surface area contributed by atoms with Gasteiger partial charge in [0.2, 0.25) is 5.91 Å². The van der Waals surface area contributed by atoms with Gasteiger partial charge in [0.1, 0.15) is 0 Å². The van der Waals surface area contributed by atoms with E-state index in [-0.39, 0.29) is 23.7 Å². The van der Waals surface area contributed by atoms with E-state index in [1.165, 1.54) is 6.92 Å². The summed E-state index contributed by atoms with van der Waals surface area (Å²) in [6.07, 6.45) is 2.79. The van der Waals surface area contributed by atoms with Gasteiger partial charge in [-0.1, -0.05) is 24.1 Å². The number of anilines is 1. The Labute approximate surface area is 123 Å². The maximum absolute atomic E-state index is 11.9. The number of hydrogen-bond acceptors (Lipinski definition) is 3. The second kappa shape index (κ2) is 6.27. The molecule has 20 heavy (non-hydrogen) atoms. The third-order valence-electron chi connectivity index (χ3n) is 3.81. The van der Waals surface area contributed by atoms with E-state index in [0.717, 1.165) is 19.3 Å². The molecule has 2 atom stereocenters. The smallest absolute Gasteiger partial charge is 0.224 e. The monoisotopic (exact) mass is 294 g/mol. The standard InChI is InChI=1S/C15H19ClN2O2/c1-9(19)14-11(16)6-4-8-13(14)18-12-7-3-5-10(12)15(20)17-2/h4,6,8,10,12,18H,3,5,7H2,1-2H3,(H,17,20)/t10-,12-/m1/s1. The fourth-order valence-electron chi connectivity index (χ4n) is 2.83. The van der Waals surface area contributed by atoms with Crippen LogP contribution in [0.3, 0.4) is 0 Å². The molecule has 5 heteroatoms. The summed E-state index contributed by atoms with van der Waals surface area (Å²) < 4.78 is 0. The number of Topliss-reactive ketones (excluding diaryl/α,β-unsaturated/α-hetero) is 1. The van der Waals surface area contributed by atoms with Crippen molar-refractivity contribution in [1.82, 2.24) is 5.32 Å². The van der Waals surface area contributed by atoms with Crippen molar-refractivity contribution in [3.05, 3.63) is 28.8 Å². The Hall–Kier alpha value is -1.55. The molecule has 108 valence electrons. The Morgan fingerprint density at radius 2 is 2.05 bits per heavy atom. The first-order valence-electron chi connectivity index (χ1n) is 6.82. The topological polar surface area (TPSA) is 58.2 Å². The molecular weight excluding hydrogens is 276 g/mol. The molecule has 0 aromatic heterocycles. The van der Waals surface area contributed by atoms with Gasteiger partial charge in [-0.05, 0) is 31.9 Å². The van der Waals surface area contributed by atoms with Crippen LogP contribution in [0.4, 0.5) is 5.69 Å². The highest BCUT2D eigenvalue weighted by Gasteiger charge is 2.32. The Morgan fingerprint density at radius 1 is 1.30 bits per heavy atom. The normalized spacial score (nSPS) is 21.6. The Bertz CT molecular complexity index is 531. The first-order valence-corrected chi connectivity index (χ1v) is 7.20. The van der Waals surface area contributed by atoms with Gasteiger partial charge in [0.05, 0.1) is 16.5 Å². The highest BCUT2D eigenvalue weighted by atomic mass is 35.5. The van der Waals surface area contributed by atoms with E-state index >= 15 is 0 Å². The molecule has 0 saturated heterocycles. The molecule has 1 amide bonds. The molecule has 0 radical (unpaired) electrons. The van der Waals surface area contributed by atoms with E-state index in [1.54, 1.807) is 19.2 Å². The van der Waals surface area contributed by atoms with Crippen molar-refractivity contribution < 1.29 is 9.59 Å². The van der Waals surface area contributed by atoms with Gasteiger partial charge in [0, 0.05) is 18.8 Å². The predicted octanol–water partition coefficient (Wildman–Crippen LogP) is 2.87. The zero-order valence-corrected chi connectivity index (χ0v) is 12.5. The highest BCUT2D eigenvalue weighted by molar-refractivity contribution is 6.34. The van der Waals surface area contributed by atoms with E-state index in [1.807, 2.05) is 6.07 Å². The van der Waals surface area contributed by atoms with E-state index in [4.69, 9.17) is 11.6 Å². The summed E-state index contributed by atoms with van der Waals surface area (Å²) in [7, 11) is 1.65. The van der Waals surface area contributed by atoms with Crippen molar-refractivity contribution in [1.29, 1.82) is 0 Å². The molecule has 1 saturated carbocycles. The first-order chi connectivity index (χ1) is 9.54. The van der Waals surface area contributed by atoms with E-state index in [0.29, 0.717) is 16.3 Å². The van der Waals surface area contributed by atoms with Crippen LogP contribution in [0.5, 0.6) is 0 Å². The number of carbonyl (C=O) groups excluding carboxylic acids is 2. The van der Waals surface area contributed by atoms with Crippen molar-refractivity contribution in [2.24, 2.45) is 5.92 Å². The minimum Gasteiger partial charge on any atom is -0.381 e. The molecule has 2 rings (SSSR count). The number of nitrogens with one attached hydrogen (secondary N) is 2. The fourth-order valence-corrected chi connectivity index (χ4v) is 3.14. The molecule has 0 unspecified atom stereocenters. The third-order valence-corrected chi connectivity index (χ3v) is 4.12. The Balaban J connectivity index is 2.24. The molecule has 0 spiro atoms. The van der Waals surface area contributed by atoms with Gasteiger partial charge in [-0.3, -0.25) is 9.59 Å². The minimum atomic E-state index is -0.0763. The van der Waals surface area contributed by atoms with E-state index in [2.05, 4.69) is 10.6 Å². The van der Waals surface area contributed by atoms with Gasteiger partial charge < -0.3 is 10.6 Å². The average molecular weight is 295 g/mol. The minimum absolute atomic E-state index is 0.0476. The number of carbonyl (C=O) groups is 2. The summed E-state index contributed by atoms with van der Waals surface area (Å²) in [5.41, 5.74) is 1.21. The van der Waals surface area contributed by atoms with Crippen LogP contribution < -0.4 is 10.6 Å².